The summed E-state index contributed by atoms with van der Waals surface area (Å²) >= 11 is 7.81. The zero-order valence-electron chi connectivity index (χ0n) is 14.4. The summed E-state index contributed by atoms with van der Waals surface area (Å²) in [6, 6.07) is 15.3. The molecule has 27 heavy (non-hydrogen) atoms. The molecule has 1 aromatic carbocycles. The number of benzene rings is 1. The highest BCUT2D eigenvalue weighted by Gasteiger charge is 2.07. The Morgan fingerprint density at radius 3 is 2.96 bits per heavy atom. The smallest absolute Gasteiger partial charge is 0.244 e. The van der Waals surface area contributed by atoms with Crippen molar-refractivity contribution in [3.8, 4) is 6.07 Å². The molecule has 0 aliphatic rings. The molecule has 0 atom stereocenters. The second kappa shape index (κ2) is 9.26. The molecular weight excluding hydrogens is 380 g/mol. The molecule has 5 nitrogen and oxygen atoms in total. The molecule has 0 aliphatic carbocycles. The van der Waals surface area contributed by atoms with E-state index in [1.165, 1.54) is 6.08 Å². The highest BCUT2D eigenvalue weighted by molar-refractivity contribution is 7.98. The molecule has 0 unspecified atom stereocenters. The van der Waals surface area contributed by atoms with Crippen LogP contribution in [0.3, 0.4) is 0 Å². The topological polar surface area (TPSA) is 70.2 Å². The number of halogens is 1. The van der Waals surface area contributed by atoms with Crippen molar-refractivity contribution in [1.82, 2.24) is 14.7 Å². The van der Waals surface area contributed by atoms with Crippen molar-refractivity contribution in [2.45, 2.75) is 5.75 Å². The standard InChI is InChI=1S/C20H17ClN4OS/c21-20-17(25-11-4-3-7-18(25)24-20)8-9-19(26)23-10-12-27-14-16-6-2-1-5-15(16)13-22/h1-9,11H,10,12,14H2,(H,23,26)/b9-8+. The van der Waals surface area contributed by atoms with Gasteiger partial charge in [-0.05, 0) is 29.8 Å². The minimum atomic E-state index is -0.185. The van der Waals surface area contributed by atoms with Crippen LogP contribution in [0.15, 0.2) is 54.7 Å². The number of thioether (sulfide) groups is 1. The van der Waals surface area contributed by atoms with E-state index in [2.05, 4.69) is 16.4 Å². The first-order valence-corrected chi connectivity index (χ1v) is 9.86. The van der Waals surface area contributed by atoms with Crippen LogP contribution in [0.1, 0.15) is 16.8 Å². The number of nitrogens with one attached hydrogen (secondary N) is 1. The van der Waals surface area contributed by atoms with Crippen LogP contribution >= 0.6 is 23.4 Å². The Hall–Kier alpha value is -2.75. The first kappa shape index (κ1) is 19.0. The number of hydrogen-bond donors (Lipinski definition) is 1. The lowest BCUT2D eigenvalue weighted by Crippen LogP contribution is -2.23. The zero-order chi connectivity index (χ0) is 19.1. The van der Waals surface area contributed by atoms with Crippen molar-refractivity contribution < 1.29 is 4.79 Å². The van der Waals surface area contributed by atoms with E-state index < -0.39 is 0 Å². The number of imidazole rings is 1. The lowest BCUT2D eigenvalue weighted by atomic mass is 10.1. The molecule has 0 bridgehead atoms. The molecule has 0 spiro atoms. The summed E-state index contributed by atoms with van der Waals surface area (Å²) in [5.74, 6) is 1.32. The molecule has 1 amide bonds. The summed E-state index contributed by atoms with van der Waals surface area (Å²) in [5, 5.41) is 12.3. The highest BCUT2D eigenvalue weighted by Crippen LogP contribution is 2.19. The lowest BCUT2D eigenvalue weighted by Gasteiger charge is -2.04. The quantitative estimate of drug-likeness (QED) is 0.485. The number of rotatable bonds is 7. The van der Waals surface area contributed by atoms with Gasteiger partial charge in [0.15, 0.2) is 5.15 Å². The Morgan fingerprint density at radius 2 is 2.11 bits per heavy atom. The molecule has 0 fully saturated rings. The summed E-state index contributed by atoms with van der Waals surface area (Å²) in [6.45, 7) is 0.545. The fourth-order valence-corrected chi connectivity index (χ4v) is 3.64. The van der Waals surface area contributed by atoms with Crippen LogP contribution in [0.2, 0.25) is 5.15 Å². The monoisotopic (exact) mass is 396 g/mol. The van der Waals surface area contributed by atoms with Crippen LogP contribution in [-0.4, -0.2) is 27.6 Å². The van der Waals surface area contributed by atoms with Gasteiger partial charge >= 0.3 is 0 Å². The summed E-state index contributed by atoms with van der Waals surface area (Å²) in [7, 11) is 0. The van der Waals surface area contributed by atoms with Crippen molar-refractivity contribution in [2.24, 2.45) is 0 Å². The Kier molecular flexibility index (Phi) is 6.53. The van der Waals surface area contributed by atoms with Gasteiger partial charge in [0.05, 0.1) is 17.3 Å². The fourth-order valence-electron chi connectivity index (χ4n) is 2.53. The number of nitrogens with zero attached hydrogens (tertiary/aromatic N) is 3. The van der Waals surface area contributed by atoms with E-state index in [0.29, 0.717) is 23.0 Å². The van der Waals surface area contributed by atoms with Gasteiger partial charge in [-0.25, -0.2) is 4.98 Å². The van der Waals surface area contributed by atoms with Gasteiger partial charge in [0.25, 0.3) is 0 Å². The molecule has 0 saturated carbocycles. The average molecular weight is 397 g/mol. The van der Waals surface area contributed by atoms with Crippen molar-refractivity contribution in [3.05, 3.63) is 76.7 Å². The van der Waals surface area contributed by atoms with Crippen LogP contribution in [0, 0.1) is 11.3 Å². The third-order valence-electron chi connectivity index (χ3n) is 3.86. The van der Waals surface area contributed by atoms with Gasteiger partial charge in [-0.1, -0.05) is 35.9 Å². The maximum Gasteiger partial charge on any atom is 0.244 e. The van der Waals surface area contributed by atoms with Gasteiger partial charge < -0.3 is 5.32 Å². The molecule has 2 aromatic heterocycles. The van der Waals surface area contributed by atoms with Gasteiger partial charge in [-0.3, -0.25) is 9.20 Å². The van der Waals surface area contributed by atoms with E-state index in [1.54, 1.807) is 17.8 Å². The molecule has 3 rings (SSSR count). The number of fused-ring (bicyclic) bond motifs is 1. The summed E-state index contributed by atoms with van der Waals surface area (Å²) in [4.78, 5) is 16.2. The molecule has 0 radical (unpaired) electrons. The van der Waals surface area contributed by atoms with E-state index in [0.717, 1.165) is 22.7 Å². The van der Waals surface area contributed by atoms with Crippen LogP contribution < -0.4 is 5.32 Å². The number of amides is 1. The lowest BCUT2D eigenvalue weighted by molar-refractivity contribution is -0.116. The predicted molar refractivity (Wildman–Crippen MR) is 110 cm³/mol. The Morgan fingerprint density at radius 1 is 1.30 bits per heavy atom. The number of aromatic nitrogens is 2. The molecule has 0 saturated heterocycles. The number of nitriles is 1. The normalized spacial score (nSPS) is 11.0. The van der Waals surface area contributed by atoms with Crippen molar-refractivity contribution in [2.75, 3.05) is 12.3 Å². The number of pyridine rings is 1. The Labute approximate surface area is 166 Å². The molecule has 136 valence electrons. The molecule has 2 heterocycles. The molecule has 7 heteroatoms. The average Bonchev–Trinajstić information content (AvgIpc) is 3.01. The van der Waals surface area contributed by atoms with E-state index in [-0.39, 0.29) is 5.91 Å². The van der Waals surface area contributed by atoms with E-state index >= 15 is 0 Å². The van der Waals surface area contributed by atoms with Crippen molar-refractivity contribution in [3.63, 3.8) is 0 Å². The zero-order valence-corrected chi connectivity index (χ0v) is 16.0. The van der Waals surface area contributed by atoms with Crippen LogP contribution in [0.5, 0.6) is 0 Å². The Balaban J connectivity index is 1.46. The maximum absolute atomic E-state index is 12.0. The van der Waals surface area contributed by atoms with Crippen LogP contribution in [0.25, 0.3) is 11.7 Å². The maximum atomic E-state index is 12.0. The Bertz CT molecular complexity index is 1020. The summed E-state index contributed by atoms with van der Waals surface area (Å²) in [5.41, 5.74) is 3.11. The number of carbonyl (C=O) groups is 1. The molecule has 0 aliphatic heterocycles. The van der Waals surface area contributed by atoms with E-state index in [9.17, 15) is 4.79 Å². The first-order chi connectivity index (χ1) is 13.2. The number of carbonyl (C=O) groups excluding carboxylic acids is 1. The highest BCUT2D eigenvalue weighted by atomic mass is 35.5. The second-order valence-electron chi connectivity index (χ2n) is 5.66. The minimum absolute atomic E-state index is 0.185. The third-order valence-corrected chi connectivity index (χ3v) is 5.14. The van der Waals surface area contributed by atoms with Gasteiger partial charge in [0.1, 0.15) is 5.65 Å². The molecule has 1 N–H and O–H groups in total. The fraction of sp³-hybridized carbons (Fsp3) is 0.150. The van der Waals surface area contributed by atoms with Crippen molar-refractivity contribution in [1.29, 1.82) is 5.26 Å². The van der Waals surface area contributed by atoms with Crippen LogP contribution in [0.4, 0.5) is 0 Å². The van der Waals surface area contributed by atoms with Gasteiger partial charge in [0.2, 0.25) is 5.91 Å². The van der Waals surface area contributed by atoms with E-state index in [1.807, 2.05) is 53.1 Å². The van der Waals surface area contributed by atoms with Gasteiger partial charge in [-0.15, -0.1) is 0 Å². The second-order valence-corrected chi connectivity index (χ2v) is 7.13. The summed E-state index contributed by atoms with van der Waals surface area (Å²) < 4.78 is 1.83. The largest absolute Gasteiger partial charge is 0.352 e. The van der Waals surface area contributed by atoms with E-state index in [4.69, 9.17) is 16.9 Å². The van der Waals surface area contributed by atoms with Gasteiger partial charge in [0, 0.05) is 30.3 Å². The summed E-state index contributed by atoms with van der Waals surface area (Å²) in [6.07, 6.45) is 4.97. The number of hydrogen-bond acceptors (Lipinski definition) is 4. The first-order valence-electron chi connectivity index (χ1n) is 8.33. The van der Waals surface area contributed by atoms with Gasteiger partial charge in [-0.2, -0.15) is 17.0 Å². The SMILES string of the molecule is N#Cc1ccccc1CSCCNC(=O)/C=C/c1c(Cl)nc2ccccn12. The van der Waals surface area contributed by atoms with Crippen molar-refractivity contribution >= 4 is 41.0 Å². The third kappa shape index (κ3) is 4.91. The minimum Gasteiger partial charge on any atom is -0.352 e. The molecular formula is C20H17ClN4OS. The predicted octanol–water partition coefficient (Wildman–Crippen LogP) is 3.92. The molecule has 3 aromatic rings. The van der Waals surface area contributed by atoms with Crippen LogP contribution in [-0.2, 0) is 10.5 Å².